The third kappa shape index (κ3) is 2.38. The van der Waals surface area contributed by atoms with E-state index in [0.717, 1.165) is 7.11 Å². The number of anilines is 1. The van der Waals surface area contributed by atoms with Gasteiger partial charge in [0.2, 0.25) is 11.3 Å². The maximum atomic E-state index is 13.7. The number of esters is 2. The van der Waals surface area contributed by atoms with Crippen molar-refractivity contribution in [1.82, 2.24) is 0 Å². The normalized spacial score (nSPS) is 24.1. The molecule has 1 heterocycles. The van der Waals surface area contributed by atoms with Crippen molar-refractivity contribution in [3.63, 3.8) is 0 Å². The smallest absolute Gasteiger partial charge is 0.341 e. The molecule has 1 aliphatic heterocycles. The Hall–Kier alpha value is -3.19. The Morgan fingerprint density at radius 3 is 2.47 bits per heavy atom. The van der Waals surface area contributed by atoms with Crippen LogP contribution in [0.3, 0.4) is 0 Å². The van der Waals surface area contributed by atoms with Crippen LogP contribution in [-0.4, -0.2) is 42.8 Å². The molecule has 0 radical (unpaired) electrons. The highest BCUT2D eigenvalue weighted by atomic mass is 35.5. The Labute approximate surface area is 177 Å². The number of halogens is 1. The molecule has 7 nitrogen and oxygen atoms in total. The van der Waals surface area contributed by atoms with Gasteiger partial charge in [-0.25, -0.2) is 4.79 Å². The van der Waals surface area contributed by atoms with Gasteiger partial charge in [0, 0.05) is 28.3 Å². The van der Waals surface area contributed by atoms with Gasteiger partial charge in [-0.2, -0.15) is 0 Å². The number of carbonyl (C=O) groups is 4. The number of para-hydroxylation sites is 1. The van der Waals surface area contributed by atoms with Gasteiger partial charge in [0.25, 0.3) is 0 Å². The molecule has 0 amide bonds. The second kappa shape index (κ2) is 6.95. The lowest BCUT2D eigenvalue weighted by Crippen LogP contribution is -2.68. The number of hydrogen-bond donors (Lipinski definition) is 1. The van der Waals surface area contributed by atoms with Gasteiger partial charge in [-0.15, -0.1) is 0 Å². The van der Waals surface area contributed by atoms with Crippen molar-refractivity contribution in [2.24, 2.45) is 5.41 Å². The number of benzene rings is 2. The maximum Gasteiger partial charge on any atom is 0.341 e. The zero-order valence-electron chi connectivity index (χ0n) is 16.3. The lowest BCUT2D eigenvalue weighted by atomic mass is 9.64. The largest absolute Gasteiger partial charge is 0.467 e. The summed E-state index contributed by atoms with van der Waals surface area (Å²) in [5, 5.41) is 3.23. The second-order valence-electron chi connectivity index (χ2n) is 7.17. The van der Waals surface area contributed by atoms with E-state index in [0.29, 0.717) is 16.3 Å². The van der Waals surface area contributed by atoms with E-state index in [1.54, 1.807) is 31.2 Å². The number of ether oxygens (including phenoxy) is 2. The zero-order valence-corrected chi connectivity index (χ0v) is 17.0. The van der Waals surface area contributed by atoms with Crippen LogP contribution in [-0.2, 0) is 25.5 Å². The van der Waals surface area contributed by atoms with Crippen LogP contribution in [0.1, 0.15) is 33.2 Å². The molecule has 0 saturated heterocycles. The van der Waals surface area contributed by atoms with Crippen molar-refractivity contribution in [3.8, 4) is 0 Å². The number of carbonyl (C=O) groups excluding carboxylic acids is 4. The summed E-state index contributed by atoms with van der Waals surface area (Å²) in [5.74, 6) is -3.41. The highest BCUT2D eigenvalue weighted by molar-refractivity contribution is 6.34. The summed E-state index contributed by atoms with van der Waals surface area (Å²) in [6.07, 6.45) is -0.234. The number of Topliss-reactive ketones (excluding diaryl/α,β-unsaturated/α-hetero) is 2. The number of rotatable bonds is 4. The number of fused-ring (bicyclic) bond motifs is 2. The molecule has 0 aromatic heterocycles. The lowest BCUT2D eigenvalue weighted by Gasteiger charge is -2.39. The first-order valence-corrected chi connectivity index (χ1v) is 9.72. The molecule has 2 aromatic rings. The van der Waals surface area contributed by atoms with Crippen LogP contribution in [0.25, 0.3) is 0 Å². The SMILES string of the molecule is CCOC(=O)[C@]1([C@]2(C(=O)OC)Nc3ccccc3C2=O)Cc2cc(Cl)ccc2C1=O. The topological polar surface area (TPSA) is 98.8 Å². The first-order chi connectivity index (χ1) is 14.3. The van der Waals surface area contributed by atoms with Crippen LogP contribution in [0, 0.1) is 5.41 Å². The maximum absolute atomic E-state index is 13.7. The Bertz CT molecular complexity index is 1110. The van der Waals surface area contributed by atoms with Gasteiger partial charge in [0.15, 0.2) is 11.2 Å². The molecule has 0 fully saturated rings. The minimum absolute atomic E-state index is 0.0383. The van der Waals surface area contributed by atoms with Gasteiger partial charge in [-0.05, 0) is 42.8 Å². The molecule has 2 aliphatic rings. The summed E-state index contributed by atoms with van der Waals surface area (Å²) < 4.78 is 10.2. The third-order valence-electron chi connectivity index (χ3n) is 5.75. The van der Waals surface area contributed by atoms with E-state index in [-0.39, 0.29) is 24.2 Å². The summed E-state index contributed by atoms with van der Waals surface area (Å²) in [4.78, 5) is 53.9. The van der Waals surface area contributed by atoms with Crippen LogP contribution in [0.15, 0.2) is 42.5 Å². The van der Waals surface area contributed by atoms with Crippen molar-refractivity contribution in [2.75, 3.05) is 19.0 Å². The molecule has 4 rings (SSSR count). The van der Waals surface area contributed by atoms with Crippen LogP contribution in [0.2, 0.25) is 5.02 Å². The predicted octanol–water partition coefficient (Wildman–Crippen LogP) is 2.85. The van der Waals surface area contributed by atoms with Crippen LogP contribution in [0.4, 0.5) is 5.69 Å². The third-order valence-corrected chi connectivity index (χ3v) is 5.98. The fourth-order valence-corrected chi connectivity index (χ4v) is 4.62. The minimum Gasteiger partial charge on any atom is -0.467 e. The quantitative estimate of drug-likeness (QED) is 0.591. The van der Waals surface area contributed by atoms with Gasteiger partial charge >= 0.3 is 11.9 Å². The standard InChI is InChI=1S/C22H18ClNO6/c1-3-30-19(27)21(11-12-10-13(23)8-9-14(12)17(21)25)22(20(28)29-2)18(26)15-6-4-5-7-16(15)24-22/h4-10,24H,3,11H2,1-2H3/t21-,22-/m0/s1. The highest BCUT2D eigenvalue weighted by Gasteiger charge is 2.75. The molecule has 0 bridgehead atoms. The van der Waals surface area contributed by atoms with Gasteiger partial charge in [-0.1, -0.05) is 23.7 Å². The predicted molar refractivity (Wildman–Crippen MR) is 108 cm³/mol. The van der Waals surface area contributed by atoms with Crippen LogP contribution < -0.4 is 5.32 Å². The van der Waals surface area contributed by atoms with Crippen molar-refractivity contribution < 1.29 is 28.7 Å². The first-order valence-electron chi connectivity index (χ1n) is 9.34. The summed E-state index contributed by atoms with van der Waals surface area (Å²) in [7, 11) is 1.10. The van der Waals surface area contributed by atoms with E-state index in [9.17, 15) is 19.2 Å². The van der Waals surface area contributed by atoms with Crippen molar-refractivity contribution in [1.29, 1.82) is 0 Å². The number of ketones is 2. The molecule has 8 heteroatoms. The molecule has 2 aromatic carbocycles. The Kier molecular flexibility index (Phi) is 4.66. The summed E-state index contributed by atoms with van der Waals surface area (Å²) in [5.41, 5.74) is -3.30. The zero-order chi connectivity index (χ0) is 21.7. The molecule has 1 aliphatic carbocycles. The van der Waals surface area contributed by atoms with Gasteiger partial charge in [-0.3, -0.25) is 14.4 Å². The molecule has 0 unspecified atom stereocenters. The monoisotopic (exact) mass is 427 g/mol. The molecule has 30 heavy (non-hydrogen) atoms. The van der Waals surface area contributed by atoms with E-state index >= 15 is 0 Å². The Balaban J connectivity index is 2.02. The van der Waals surface area contributed by atoms with Crippen molar-refractivity contribution in [2.45, 2.75) is 18.9 Å². The van der Waals surface area contributed by atoms with E-state index < -0.39 is 34.5 Å². The Morgan fingerprint density at radius 1 is 1.07 bits per heavy atom. The second-order valence-corrected chi connectivity index (χ2v) is 7.61. The lowest BCUT2D eigenvalue weighted by molar-refractivity contribution is -0.162. The summed E-state index contributed by atoms with van der Waals surface area (Å²) >= 11 is 6.09. The fourth-order valence-electron chi connectivity index (χ4n) is 4.42. The molecule has 0 spiro atoms. The van der Waals surface area contributed by atoms with Gasteiger partial charge < -0.3 is 14.8 Å². The fraction of sp³-hybridized carbons (Fsp3) is 0.273. The first kappa shape index (κ1) is 20.1. The minimum atomic E-state index is -2.31. The molecule has 2 atom stereocenters. The number of hydrogen-bond acceptors (Lipinski definition) is 7. The van der Waals surface area contributed by atoms with E-state index in [1.807, 2.05) is 0 Å². The van der Waals surface area contributed by atoms with E-state index in [2.05, 4.69) is 5.32 Å². The van der Waals surface area contributed by atoms with Crippen molar-refractivity contribution in [3.05, 3.63) is 64.2 Å². The van der Waals surface area contributed by atoms with E-state index in [4.69, 9.17) is 21.1 Å². The summed E-state index contributed by atoms with van der Waals surface area (Å²) in [6, 6.07) is 11.0. The highest BCUT2D eigenvalue weighted by Crippen LogP contribution is 2.52. The van der Waals surface area contributed by atoms with E-state index in [1.165, 1.54) is 18.2 Å². The average Bonchev–Trinajstić information content (AvgIpc) is 3.21. The Morgan fingerprint density at radius 2 is 1.80 bits per heavy atom. The molecule has 0 saturated carbocycles. The summed E-state index contributed by atoms with van der Waals surface area (Å²) in [6.45, 7) is 1.54. The van der Waals surface area contributed by atoms with Gasteiger partial charge in [0.05, 0.1) is 13.7 Å². The molecular formula is C22H18ClNO6. The number of nitrogens with one attached hydrogen (secondary N) is 1. The number of methoxy groups -OCH3 is 1. The van der Waals surface area contributed by atoms with Crippen LogP contribution in [0.5, 0.6) is 0 Å². The molecule has 1 N–H and O–H groups in total. The van der Waals surface area contributed by atoms with Gasteiger partial charge in [0.1, 0.15) is 0 Å². The molecule has 154 valence electrons. The van der Waals surface area contributed by atoms with Crippen LogP contribution >= 0.6 is 11.6 Å². The average molecular weight is 428 g/mol. The molecular weight excluding hydrogens is 410 g/mol. The van der Waals surface area contributed by atoms with Crippen molar-refractivity contribution >= 4 is 40.8 Å².